The van der Waals surface area contributed by atoms with E-state index >= 15 is 0 Å². The molecule has 0 saturated heterocycles. The molecule has 1 fully saturated rings. The Morgan fingerprint density at radius 1 is 1.29 bits per heavy atom. The van der Waals surface area contributed by atoms with Crippen LogP contribution in [0.2, 0.25) is 0 Å². The van der Waals surface area contributed by atoms with Crippen LogP contribution in [0, 0.1) is 0 Å². The summed E-state index contributed by atoms with van der Waals surface area (Å²) in [6, 6.07) is 1.16. The monoisotopic (exact) mass is 199 g/mol. The maximum atomic E-state index is 5.72. The third kappa shape index (κ3) is 3.95. The van der Waals surface area contributed by atoms with Crippen LogP contribution in [-0.4, -0.2) is 43.2 Å². The van der Waals surface area contributed by atoms with Gasteiger partial charge in [0.2, 0.25) is 0 Å². The molecule has 3 N–H and O–H groups in total. The number of hydrogen-bond acceptors (Lipinski definition) is 3. The molecule has 0 atom stereocenters. The van der Waals surface area contributed by atoms with Crippen molar-refractivity contribution in [2.75, 3.05) is 26.2 Å². The zero-order chi connectivity index (χ0) is 10.4. The van der Waals surface area contributed by atoms with E-state index in [1.54, 1.807) is 0 Å². The normalized spacial score (nSPS) is 26.6. The molecule has 0 aliphatic heterocycles. The lowest BCUT2D eigenvalue weighted by Gasteiger charge is -2.34. The predicted octanol–water partition coefficient (Wildman–Crippen LogP) is 0.798. The first-order valence-corrected chi connectivity index (χ1v) is 5.97. The number of likely N-dealkylation sites (N-methyl/N-ethyl adjacent to an activating group) is 1. The second-order valence-corrected chi connectivity index (χ2v) is 4.32. The van der Waals surface area contributed by atoms with Crippen molar-refractivity contribution in [2.24, 2.45) is 5.73 Å². The van der Waals surface area contributed by atoms with E-state index in [1.165, 1.54) is 38.9 Å². The molecule has 0 aromatic heterocycles. The highest BCUT2D eigenvalue weighted by Gasteiger charge is 2.24. The van der Waals surface area contributed by atoms with E-state index in [1.807, 2.05) is 0 Å². The van der Waals surface area contributed by atoms with E-state index in [0.29, 0.717) is 12.1 Å². The Hall–Kier alpha value is -0.120. The van der Waals surface area contributed by atoms with Gasteiger partial charge in [-0.1, -0.05) is 13.8 Å². The molecule has 0 spiro atoms. The van der Waals surface area contributed by atoms with Crippen LogP contribution in [0.15, 0.2) is 0 Å². The largest absolute Gasteiger partial charge is 0.328 e. The molecule has 1 aliphatic rings. The van der Waals surface area contributed by atoms with Gasteiger partial charge in [-0.05, 0) is 32.4 Å². The van der Waals surface area contributed by atoms with Crippen molar-refractivity contribution >= 4 is 0 Å². The highest BCUT2D eigenvalue weighted by atomic mass is 15.1. The SMILES string of the molecule is CCCN(CC)CCNC1CC(N)C1. The number of hydrogen-bond donors (Lipinski definition) is 2. The van der Waals surface area contributed by atoms with Crippen LogP contribution in [0.1, 0.15) is 33.1 Å². The molecule has 0 aromatic rings. The average molecular weight is 199 g/mol. The highest BCUT2D eigenvalue weighted by molar-refractivity contribution is 4.87. The van der Waals surface area contributed by atoms with Crippen molar-refractivity contribution in [3.8, 4) is 0 Å². The molecule has 0 radical (unpaired) electrons. The van der Waals surface area contributed by atoms with Crippen LogP contribution in [-0.2, 0) is 0 Å². The summed E-state index contributed by atoms with van der Waals surface area (Å²) in [6.07, 6.45) is 3.59. The van der Waals surface area contributed by atoms with Gasteiger partial charge in [-0.15, -0.1) is 0 Å². The zero-order valence-corrected chi connectivity index (χ0v) is 9.63. The van der Waals surface area contributed by atoms with Crippen molar-refractivity contribution in [3.63, 3.8) is 0 Å². The van der Waals surface area contributed by atoms with E-state index in [4.69, 9.17) is 5.73 Å². The van der Waals surface area contributed by atoms with Crippen LogP contribution in [0.3, 0.4) is 0 Å². The molecule has 14 heavy (non-hydrogen) atoms. The number of nitrogens with two attached hydrogens (primary N) is 1. The lowest BCUT2D eigenvalue weighted by atomic mass is 9.88. The van der Waals surface area contributed by atoms with Gasteiger partial charge in [-0.25, -0.2) is 0 Å². The topological polar surface area (TPSA) is 41.3 Å². The third-order valence-corrected chi connectivity index (χ3v) is 3.02. The van der Waals surface area contributed by atoms with Gasteiger partial charge in [0.25, 0.3) is 0 Å². The zero-order valence-electron chi connectivity index (χ0n) is 9.63. The minimum absolute atomic E-state index is 0.463. The summed E-state index contributed by atoms with van der Waals surface area (Å²) in [4.78, 5) is 2.49. The molecule has 3 heteroatoms. The van der Waals surface area contributed by atoms with Gasteiger partial charge < -0.3 is 16.0 Å². The minimum Gasteiger partial charge on any atom is -0.328 e. The minimum atomic E-state index is 0.463. The van der Waals surface area contributed by atoms with Crippen molar-refractivity contribution < 1.29 is 0 Å². The van der Waals surface area contributed by atoms with E-state index in [9.17, 15) is 0 Å². The summed E-state index contributed by atoms with van der Waals surface area (Å²) in [5.41, 5.74) is 5.72. The van der Waals surface area contributed by atoms with Gasteiger partial charge in [0.05, 0.1) is 0 Å². The van der Waals surface area contributed by atoms with Gasteiger partial charge in [0.1, 0.15) is 0 Å². The van der Waals surface area contributed by atoms with E-state index in [2.05, 4.69) is 24.1 Å². The summed E-state index contributed by atoms with van der Waals surface area (Å²) in [7, 11) is 0. The fourth-order valence-corrected chi connectivity index (χ4v) is 2.00. The quantitative estimate of drug-likeness (QED) is 0.637. The van der Waals surface area contributed by atoms with Crippen molar-refractivity contribution in [3.05, 3.63) is 0 Å². The second-order valence-electron chi connectivity index (χ2n) is 4.32. The van der Waals surface area contributed by atoms with Crippen LogP contribution in [0.25, 0.3) is 0 Å². The molecule has 1 saturated carbocycles. The maximum absolute atomic E-state index is 5.72. The summed E-state index contributed by atoms with van der Waals surface area (Å²) in [5, 5.41) is 3.55. The van der Waals surface area contributed by atoms with Crippen LogP contribution >= 0.6 is 0 Å². The molecule has 0 heterocycles. The predicted molar refractivity (Wildman–Crippen MR) is 61.4 cm³/mol. The van der Waals surface area contributed by atoms with E-state index in [0.717, 1.165) is 6.54 Å². The molecular weight excluding hydrogens is 174 g/mol. The first-order chi connectivity index (χ1) is 6.76. The standard InChI is InChI=1S/C11H25N3/c1-3-6-14(4-2)7-5-13-11-8-10(12)9-11/h10-11,13H,3-9,12H2,1-2H3. The van der Waals surface area contributed by atoms with Gasteiger partial charge in [0.15, 0.2) is 0 Å². The summed E-state index contributed by atoms with van der Waals surface area (Å²) >= 11 is 0. The van der Waals surface area contributed by atoms with Gasteiger partial charge in [0, 0.05) is 25.2 Å². The van der Waals surface area contributed by atoms with Crippen molar-refractivity contribution in [2.45, 2.75) is 45.2 Å². The Labute approximate surface area is 88.0 Å². The van der Waals surface area contributed by atoms with Crippen molar-refractivity contribution in [1.29, 1.82) is 0 Å². The van der Waals surface area contributed by atoms with Crippen molar-refractivity contribution in [1.82, 2.24) is 10.2 Å². The molecule has 0 amide bonds. The fraction of sp³-hybridized carbons (Fsp3) is 1.00. The fourth-order valence-electron chi connectivity index (χ4n) is 2.00. The summed E-state index contributed by atoms with van der Waals surface area (Å²) in [5.74, 6) is 0. The highest BCUT2D eigenvalue weighted by Crippen LogP contribution is 2.16. The van der Waals surface area contributed by atoms with Crippen LogP contribution in [0.5, 0.6) is 0 Å². The average Bonchev–Trinajstić information content (AvgIpc) is 2.13. The molecule has 3 nitrogen and oxygen atoms in total. The maximum Gasteiger partial charge on any atom is 0.0107 e. The molecule has 0 bridgehead atoms. The van der Waals surface area contributed by atoms with Crippen LogP contribution < -0.4 is 11.1 Å². The lowest BCUT2D eigenvalue weighted by molar-refractivity contribution is 0.250. The van der Waals surface area contributed by atoms with Crippen LogP contribution in [0.4, 0.5) is 0 Å². The number of nitrogens with one attached hydrogen (secondary N) is 1. The Balaban J connectivity index is 1.96. The Morgan fingerprint density at radius 2 is 2.00 bits per heavy atom. The Kier molecular flexibility index (Phi) is 5.45. The van der Waals surface area contributed by atoms with E-state index < -0.39 is 0 Å². The molecule has 0 unspecified atom stereocenters. The first kappa shape index (κ1) is 12.0. The molecule has 1 aliphatic carbocycles. The Bertz CT molecular complexity index is 143. The number of rotatable bonds is 7. The van der Waals surface area contributed by atoms with Gasteiger partial charge in [-0.3, -0.25) is 0 Å². The smallest absolute Gasteiger partial charge is 0.0107 e. The Morgan fingerprint density at radius 3 is 2.50 bits per heavy atom. The van der Waals surface area contributed by atoms with Gasteiger partial charge in [-0.2, -0.15) is 0 Å². The molecule has 0 aromatic carbocycles. The van der Waals surface area contributed by atoms with E-state index in [-0.39, 0.29) is 0 Å². The summed E-state index contributed by atoms with van der Waals surface area (Å²) < 4.78 is 0. The lowest BCUT2D eigenvalue weighted by Crippen LogP contribution is -2.50. The molecular formula is C11H25N3. The third-order valence-electron chi connectivity index (χ3n) is 3.02. The summed E-state index contributed by atoms with van der Waals surface area (Å²) in [6.45, 7) is 9.15. The molecule has 84 valence electrons. The molecule has 1 rings (SSSR count). The number of nitrogens with zero attached hydrogens (tertiary/aromatic N) is 1. The van der Waals surface area contributed by atoms with Gasteiger partial charge >= 0.3 is 0 Å². The second kappa shape index (κ2) is 6.38. The first-order valence-electron chi connectivity index (χ1n) is 5.97.